The molecule has 22 heavy (non-hydrogen) atoms. The van der Waals surface area contributed by atoms with E-state index in [4.69, 9.17) is 4.74 Å². The molecule has 1 aliphatic rings. The summed E-state index contributed by atoms with van der Waals surface area (Å²) in [5, 5.41) is 0. The van der Waals surface area contributed by atoms with Crippen molar-refractivity contribution in [2.24, 2.45) is 4.99 Å². The molecule has 0 N–H and O–H groups in total. The summed E-state index contributed by atoms with van der Waals surface area (Å²) in [5.41, 5.74) is -0.531. The highest BCUT2D eigenvalue weighted by molar-refractivity contribution is 7.78. The van der Waals surface area contributed by atoms with E-state index in [0.717, 1.165) is 12.8 Å². The Morgan fingerprint density at radius 1 is 1.41 bits per heavy atom. The van der Waals surface area contributed by atoms with Crippen LogP contribution in [0, 0.1) is 0 Å². The third-order valence-corrected chi connectivity index (χ3v) is 3.34. The molecule has 126 valence electrons. The second kappa shape index (κ2) is 7.71. The lowest BCUT2D eigenvalue weighted by atomic mass is 10.2. The number of aliphatic imine (C=N–C) groups is 1. The van der Waals surface area contributed by atoms with Crippen molar-refractivity contribution in [3.8, 4) is 0 Å². The van der Waals surface area contributed by atoms with E-state index in [-0.39, 0.29) is 12.1 Å². The Morgan fingerprint density at radius 3 is 2.59 bits per heavy atom. The molecule has 1 heterocycles. The summed E-state index contributed by atoms with van der Waals surface area (Å²) in [5.74, 6) is 0. The van der Waals surface area contributed by atoms with Crippen LogP contribution >= 0.6 is 12.8 Å². The minimum Gasteiger partial charge on any atom is -0.444 e. The van der Waals surface area contributed by atoms with Gasteiger partial charge in [0.15, 0.2) is 0 Å². The zero-order valence-electron chi connectivity index (χ0n) is 13.9. The van der Waals surface area contributed by atoms with Crippen LogP contribution in [0.2, 0.25) is 0 Å². The van der Waals surface area contributed by atoms with E-state index in [1.807, 2.05) is 20.8 Å². The van der Waals surface area contributed by atoms with Crippen molar-refractivity contribution in [3.05, 3.63) is 0 Å². The molecule has 0 radical (unpaired) electrons. The number of nitrogens with zero attached hydrogens (tertiary/aromatic N) is 4. The van der Waals surface area contributed by atoms with Gasteiger partial charge >= 0.3 is 12.1 Å². The van der Waals surface area contributed by atoms with Crippen molar-refractivity contribution < 1.29 is 14.3 Å². The fourth-order valence-corrected chi connectivity index (χ4v) is 2.34. The van der Waals surface area contributed by atoms with E-state index in [1.54, 1.807) is 23.9 Å². The second-order valence-corrected chi connectivity index (χ2v) is 7.03. The molecule has 0 aromatic rings. The normalized spacial score (nSPS) is 18.6. The van der Waals surface area contributed by atoms with Crippen LogP contribution in [0.15, 0.2) is 4.99 Å². The third kappa shape index (κ3) is 6.13. The van der Waals surface area contributed by atoms with Gasteiger partial charge in [0.25, 0.3) is 0 Å². The van der Waals surface area contributed by atoms with E-state index in [2.05, 4.69) is 17.8 Å². The number of carbonyl (C=O) groups is 2. The monoisotopic (exact) mass is 330 g/mol. The maximum absolute atomic E-state index is 12.2. The molecule has 1 rings (SSSR count). The van der Waals surface area contributed by atoms with Crippen LogP contribution in [0.5, 0.6) is 0 Å². The minimum atomic E-state index is -0.531. The van der Waals surface area contributed by atoms with Gasteiger partial charge in [0, 0.05) is 20.6 Å². The fourth-order valence-electron chi connectivity index (χ4n) is 2.10. The molecule has 0 spiro atoms. The van der Waals surface area contributed by atoms with Crippen molar-refractivity contribution >= 4 is 31.3 Å². The van der Waals surface area contributed by atoms with Gasteiger partial charge in [-0.15, -0.1) is 0 Å². The maximum atomic E-state index is 12.2. The molecule has 0 aromatic heterocycles. The van der Waals surface area contributed by atoms with Crippen molar-refractivity contribution in [3.63, 3.8) is 0 Å². The lowest BCUT2D eigenvalue weighted by Gasteiger charge is -2.30. The molecule has 1 atom stereocenters. The highest BCUT2D eigenvalue weighted by atomic mass is 32.1. The standard InChI is InChI=1S/C14H26N4O3S/c1-14(2,3)21-13(20)17-8-6-7-11(17)9-18(22)12(19)15-10-16(4)5/h10-11,22H,6-9H2,1-5H3/t11-/m0/s1. The first-order chi connectivity index (χ1) is 10.1. The van der Waals surface area contributed by atoms with E-state index >= 15 is 0 Å². The molecule has 1 fully saturated rings. The number of hydrogen-bond acceptors (Lipinski definition) is 4. The van der Waals surface area contributed by atoms with Gasteiger partial charge in [-0.25, -0.2) is 9.59 Å². The first-order valence-electron chi connectivity index (χ1n) is 7.31. The number of likely N-dealkylation sites (tertiary alicyclic amines) is 1. The summed E-state index contributed by atoms with van der Waals surface area (Å²) in [4.78, 5) is 31.1. The van der Waals surface area contributed by atoms with Crippen LogP contribution < -0.4 is 0 Å². The van der Waals surface area contributed by atoms with Gasteiger partial charge in [-0.2, -0.15) is 4.99 Å². The molecule has 3 amide bonds. The zero-order valence-corrected chi connectivity index (χ0v) is 14.8. The Morgan fingerprint density at radius 2 is 2.05 bits per heavy atom. The fraction of sp³-hybridized carbons (Fsp3) is 0.786. The van der Waals surface area contributed by atoms with Gasteiger partial charge in [-0.05, 0) is 33.6 Å². The predicted molar refractivity (Wildman–Crippen MR) is 89.2 cm³/mol. The number of urea groups is 1. The number of carbonyl (C=O) groups excluding carboxylic acids is 2. The SMILES string of the molecule is CN(C)C=NC(=O)N(S)C[C@@H]1CCCN1C(=O)OC(C)(C)C. The number of amides is 3. The second-order valence-electron chi connectivity index (χ2n) is 6.54. The largest absolute Gasteiger partial charge is 0.444 e. The maximum Gasteiger partial charge on any atom is 0.410 e. The number of rotatable bonds is 3. The van der Waals surface area contributed by atoms with E-state index in [9.17, 15) is 9.59 Å². The van der Waals surface area contributed by atoms with E-state index < -0.39 is 11.6 Å². The Hall–Kier alpha value is -1.44. The van der Waals surface area contributed by atoms with Crippen LogP contribution in [-0.4, -0.2) is 71.4 Å². The molecule has 0 aliphatic carbocycles. The molecular weight excluding hydrogens is 304 g/mol. The summed E-state index contributed by atoms with van der Waals surface area (Å²) >= 11 is 4.17. The summed E-state index contributed by atoms with van der Waals surface area (Å²) in [6.07, 6.45) is 2.79. The Bertz CT molecular complexity index is 434. The Kier molecular flexibility index (Phi) is 6.52. The summed E-state index contributed by atoms with van der Waals surface area (Å²) in [7, 11) is 3.56. The van der Waals surface area contributed by atoms with E-state index in [0.29, 0.717) is 13.1 Å². The smallest absolute Gasteiger partial charge is 0.410 e. The number of thiol groups is 1. The highest BCUT2D eigenvalue weighted by Crippen LogP contribution is 2.22. The van der Waals surface area contributed by atoms with Crippen molar-refractivity contribution in [2.45, 2.75) is 45.3 Å². The third-order valence-electron chi connectivity index (χ3n) is 3.01. The molecule has 1 saturated heterocycles. The van der Waals surface area contributed by atoms with Crippen LogP contribution in [0.25, 0.3) is 0 Å². The van der Waals surface area contributed by atoms with Gasteiger partial charge < -0.3 is 14.5 Å². The minimum absolute atomic E-state index is 0.0918. The lowest BCUT2D eigenvalue weighted by molar-refractivity contribution is 0.0219. The lowest BCUT2D eigenvalue weighted by Crippen LogP contribution is -2.44. The molecule has 7 nitrogen and oxygen atoms in total. The molecule has 1 aliphatic heterocycles. The Balaban J connectivity index is 2.60. The average Bonchev–Trinajstić information content (AvgIpc) is 2.81. The topological polar surface area (TPSA) is 65.5 Å². The first kappa shape index (κ1) is 18.6. The predicted octanol–water partition coefficient (Wildman–Crippen LogP) is 2.24. The van der Waals surface area contributed by atoms with Crippen molar-refractivity contribution in [1.29, 1.82) is 0 Å². The van der Waals surface area contributed by atoms with Crippen molar-refractivity contribution in [2.75, 3.05) is 27.2 Å². The molecule has 0 unspecified atom stereocenters. The van der Waals surface area contributed by atoms with Gasteiger partial charge in [-0.1, -0.05) is 12.8 Å². The average molecular weight is 330 g/mol. The van der Waals surface area contributed by atoms with Gasteiger partial charge in [0.2, 0.25) is 0 Å². The number of hydrogen-bond donors (Lipinski definition) is 1. The van der Waals surface area contributed by atoms with Crippen LogP contribution in [0.4, 0.5) is 9.59 Å². The van der Waals surface area contributed by atoms with Gasteiger partial charge in [-0.3, -0.25) is 4.31 Å². The Labute approximate surface area is 137 Å². The molecule has 0 saturated carbocycles. The molecule has 0 aromatic carbocycles. The summed E-state index contributed by atoms with van der Waals surface area (Å²) in [6, 6.07) is -0.543. The van der Waals surface area contributed by atoms with Gasteiger partial charge in [0.05, 0.1) is 18.9 Å². The van der Waals surface area contributed by atoms with Crippen molar-refractivity contribution in [1.82, 2.24) is 14.1 Å². The van der Waals surface area contributed by atoms with Crippen LogP contribution in [0.1, 0.15) is 33.6 Å². The van der Waals surface area contributed by atoms with Crippen LogP contribution in [0.3, 0.4) is 0 Å². The highest BCUT2D eigenvalue weighted by Gasteiger charge is 2.33. The zero-order chi connectivity index (χ0) is 16.9. The summed E-state index contributed by atoms with van der Waals surface area (Å²) in [6.45, 7) is 6.46. The molecular formula is C14H26N4O3S. The quantitative estimate of drug-likeness (QED) is 0.490. The van der Waals surface area contributed by atoms with Gasteiger partial charge in [0.1, 0.15) is 5.60 Å². The molecule has 0 bridgehead atoms. The number of ether oxygens (including phenoxy) is 1. The van der Waals surface area contributed by atoms with E-state index in [1.165, 1.54) is 10.6 Å². The summed E-state index contributed by atoms with van der Waals surface area (Å²) < 4.78 is 6.62. The van der Waals surface area contributed by atoms with Crippen LogP contribution in [-0.2, 0) is 4.74 Å². The molecule has 8 heteroatoms. The first-order valence-corrected chi connectivity index (χ1v) is 7.71.